The number of amides is 1. The number of aromatic amines is 1. The van der Waals surface area contributed by atoms with Gasteiger partial charge in [-0.25, -0.2) is 9.37 Å². The summed E-state index contributed by atoms with van der Waals surface area (Å²) in [5.41, 5.74) is 1.03. The summed E-state index contributed by atoms with van der Waals surface area (Å²) >= 11 is 6.13. The van der Waals surface area contributed by atoms with Gasteiger partial charge in [0.1, 0.15) is 17.2 Å². The molecule has 6 nitrogen and oxygen atoms in total. The lowest BCUT2D eigenvalue weighted by atomic mass is 10.1. The zero-order chi connectivity index (χ0) is 20.8. The van der Waals surface area contributed by atoms with Gasteiger partial charge < -0.3 is 10.3 Å². The van der Waals surface area contributed by atoms with Crippen molar-refractivity contribution >= 4 is 28.5 Å². The van der Waals surface area contributed by atoms with Gasteiger partial charge in [0, 0.05) is 30.7 Å². The van der Waals surface area contributed by atoms with Crippen LogP contribution in [0.4, 0.5) is 4.39 Å². The van der Waals surface area contributed by atoms with Crippen molar-refractivity contribution in [3.05, 3.63) is 28.8 Å². The molecule has 2 saturated heterocycles. The van der Waals surface area contributed by atoms with E-state index in [2.05, 4.69) is 25.1 Å². The molecule has 2 bridgehead atoms. The first-order valence-corrected chi connectivity index (χ1v) is 10.7. The summed E-state index contributed by atoms with van der Waals surface area (Å²) in [4.78, 5) is 25.0. The van der Waals surface area contributed by atoms with Crippen LogP contribution in [0.15, 0.2) is 12.1 Å². The van der Waals surface area contributed by atoms with Crippen molar-refractivity contribution in [3.63, 3.8) is 0 Å². The molecule has 2 aliphatic heterocycles. The van der Waals surface area contributed by atoms with E-state index in [-0.39, 0.29) is 17.3 Å². The Morgan fingerprint density at radius 1 is 1.31 bits per heavy atom. The van der Waals surface area contributed by atoms with Gasteiger partial charge in [-0.1, -0.05) is 11.6 Å². The molecule has 2 atom stereocenters. The molecule has 3 heterocycles. The van der Waals surface area contributed by atoms with Crippen molar-refractivity contribution in [2.75, 3.05) is 19.6 Å². The molecule has 0 aliphatic carbocycles. The summed E-state index contributed by atoms with van der Waals surface area (Å²) in [5.74, 6) is 0.521. The number of hydrogen-bond acceptors (Lipinski definition) is 4. The van der Waals surface area contributed by atoms with E-state index in [1.54, 1.807) is 0 Å². The Balaban J connectivity index is 1.43. The van der Waals surface area contributed by atoms with Gasteiger partial charge in [0.2, 0.25) is 5.91 Å². The summed E-state index contributed by atoms with van der Waals surface area (Å²) < 4.78 is 13.6. The number of nitrogens with one attached hydrogen (secondary N) is 2. The molecule has 2 aliphatic rings. The Morgan fingerprint density at radius 3 is 2.83 bits per heavy atom. The van der Waals surface area contributed by atoms with Crippen molar-refractivity contribution in [3.8, 4) is 0 Å². The molecule has 1 aromatic carbocycles. The van der Waals surface area contributed by atoms with Gasteiger partial charge in [-0.2, -0.15) is 0 Å². The fourth-order valence-electron chi connectivity index (χ4n) is 4.65. The predicted molar refractivity (Wildman–Crippen MR) is 112 cm³/mol. The van der Waals surface area contributed by atoms with Crippen LogP contribution in [0.5, 0.6) is 0 Å². The van der Waals surface area contributed by atoms with E-state index in [1.165, 1.54) is 12.1 Å². The molecule has 4 rings (SSSR count). The molecule has 0 saturated carbocycles. The quantitative estimate of drug-likeness (QED) is 0.795. The lowest BCUT2D eigenvalue weighted by Gasteiger charge is -2.29. The van der Waals surface area contributed by atoms with Gasteiger partial charge in [0.25, 0.3) is 0 Å². The van der Waals surface area contributed by atoms with Crippen LogP contribution < -0.4 is 5.32 Å². The highest BCUT2D eigenvalue weighted by Crippen LogP contribution is 2.31. The van der Waals surface area contributed by atoms with E-state index in [9.17, 15) is 9.18 Å². The van der Waals surface area contributed by atoms with Crippen LogP contribution in [0, 0.1) is 5.82 Å². The lowest BCUT2D eigenvalue weighted by molar-refractivity contribution is -0.124. The summed E-state index contributed by atoms with van der Waals surface area (Å²) in [6.07, 6.45) is 3.30. The number of imidazole rings is 1. The largest absolute Gasteiger partial charge is 0.350 e. The topological polar surface area (TPSA) is 64.3 Å². The fraction of sp³-hybridized carbons (Fsp3) is 0.619. The average Bonchev–Trinajstić information content (AvgIpc) is 3.09. The SMILES string of the molecule is CC(C)(C)NC(=O)CN1C2CCC1CN(Cc1nc3c(Cl)cc(F)cc3[nH]1)CC2. The monoisotopic (exact) mass is 421 g/mol. The molecule has 158 valence electrons. The van der Waals surface area contributed by atoms with Crippen molar-refractivity contribution in [1.82, 2.24) is 25.1 Å². The number of carbonyl (C=O) groups excluding carboxylic acids is 1. The van der Waals surface area contributed by atoms with Gasteiger partial charge in [0.15, 0.2) is 0 Å². The lowest BCUT2D eigenvalue weighted by Crippen LogP contribution is -2.49. The Morgan fingerprint density at radius 2 is 2.07 bits per heavy atom. The smallest absolute Gasteiger partial charge is 0.234 e. The number of benzene rings is 1. The van der Waals surface area contributed by atoms with E-state index in [1.807, 2.05) is 20.8 Å². The van der Waals surface area contributed by atoms with E-state index >= 15 is 0 Å². The van der Waals surface area contributed by atoms with Crippen LogP contribution in [0.2, 0.25) is 5.02 Å². The molecule has 29 heavy (non-hydrogen) atoms. The number of hydrogen-bond donors (Lipinski definition) is 2. The molecule has 2 unspecified atom stereocenters. The normalized spacial score (nSPS) is 23.5. The van der Waals surface area contributed by atoms with Crippen LogP contribution in [-0.2, 0) is 11.3 Å². The van der Waals surface area contributed by atoms with Crippen molar-refractivity contribution in [1.29, 1.82) is 0 Å². The molecule has 0 spiro atoms. The number of carbonyl (C=O) groups is 1. The molecule has 2 aromatic rings. The summed E-state index contributed by atoms with van der Waals surface area (Å²) in [6, 6.07) is 3.55. The van der Waals surface area contributed by atoms with Gasteiger partial charge in [0.05, 0.1) is 23.6 Å². The summed E-state index contributed by atoms with van der Waals surface area (Å²) in [7, 11) is 0. The first kappa shape index (κ1) is 20.6. The number of H-pyrrole nitrogens is 1. The molecular formula is C21H29ClFN5O. The van der Waals surface area contributed by atoms with Gasteiger partial charge in [-0.05, 0) is 52.2 Å². The first-order valence-electron chi connectivity index (χ1n) is 10.3. The zero-order valence-corrected chi connectivity index (χ0v) is 18.0. The first-order chi connectivity index (χ1) is 13.7. The third-order valence-electron chi connectivity index (χ3n) is 5.79. The van der Waals surface area contributed by atoms with E-state index < -0.39 is 0 Å². The number of likely N-dealkylation sites (tertiary alicyclic amines) is 1. The van der Waals surface area contributed by atoms with Gasteiger partial charge in [-0.3, -0.25) is 14.6 Å². The van der Waals surface area contributed by atoms with Crippen LogP contribution >= 0.6 is 11.6 Å². The second kappa shape index (κ2) is 7.85. The Bertz CT molecular complexity index is 908. The van der Waals surface area contributed by atoms with E-state index in [0.717, 1.165) is 38.2 Å². The minimum absolute atomic E-state index is 0.0943. The van der Waals surface area contributed by atoms with Crippen molar-refractivity contribution < 1.29 is 9.18 Å². The molecular weight excluding hydrogens is 393 g/mol. The van der Waals surface area contributed by atoms with Crippen molar-refractivity contribution in [2.24, 2.45) is 0 Å². The minimum atomic E-state index is -0.367. The Labute approximate surface area is 175 Å². The molecule has 0 radical (unpaired) electrons. The number of fused-ring (bicyclic) bond motifs is 3. The van der Waals surface area contributed by atoms with E-state index in [0.29, 0.717) is 41.2 Å². The van der Waals surface area contributed by atoms with Crippen LogP contribution in [0.25, 0.3) is 11.0 Å². The second-order valence-electron chi connectivity index (χ2n) is 9.35. The predicted octanol–water partition coefficient (Wildman–Crippen LogP) is 3.31. The fourth-order valence-corrected chi connectivity index (χ4v) is 4.90. The standard InChI is InChI=1S/C21H29ClFN5O/c1-21(2,3)26-19(29)12-28-14-4-5-15(28)10-27(7-6-14)11-18-24-17-9-13(23)8-16(22)20(17)25-18/h8-9,14-15H,4-7,10-12H2,1-3H3,(H,24,25)(H,26,29). The van der Waals surface area contributed by atoms with Crippen LogP contribution in [-0.4, -0.2) is 62.9 Å². The maximum atomic E-state index is 13.6. The zero-order valence-electron chi connectivity index (χ0n) is 17.3. The van der Waals surface area contributed by atoms with Gasteiger partial charge >= 0.3 is 0 Å². The third kappa shape index (κ3) is 4.73. The van der Waals surface area contributed by atoms with Crippen LogP contribution in [0.3, 0.4) is 0 Å². The number of rotatable bonds is 4. The number of aromatic nitrogens is 2. The van der Waals surface area contributed by atoms with Crippen molar-refractivity contribution in [2.45, 2.75) is 64.2 Å². The maximum absolute atomic E-state index is 13.6. The minimum Gasteiger partial charge on any atom is -0.350 e. The molecule has 2 N–H and O–H groups in total. The summed E-state index contributed by atoms with van der Waals surface area (Å²) in [5, 5.41) is 3.41. The highest BCUT2D eigenvalue weighted by Gasteiger charge is 2.38. The molecule has 2 fully saturated rings. The Kier molecular flexibility index (Phi) is 5.57. The van der Waals surface area contributed by atoms with Gasteiger partial charge in [-0.15, -0.1) is 0 Å². The van der Waals surface area contributed by atoms with E-state index in [4.69, 9.17) is 11.6 Å². The van der Waals surface area contributed by atoms with Crippen LogP contribution in [0.1, 0.15) is 45.9 Å². The molecule has 1 aromatic heterocycles. The summed E-state index contributed by atoms with van der Waals surface area (Å²) in [6.45, 7) is 9.01. The second-order valence-corrected chi connectivity index (χ2v) is 9.75. The highest BCUT2D eigenvalue weighted by molar-refractivity contribution is 6.34. The molecule has 1 amide bonds. The molecule has 8 heteroatoms. The maximum Gasteiger partial charge on any atom is 0.234 e. The Hall–Kier alpha value is -1.70. The average molecular weight is 422 g/mol. The third-order valence-corrected chi connectivity index (χ3v) is 6.07. The number of halogens is 2. The highest BCUT2D eigenvalue weighted by atomic mass is 35.5. The number of nitrogens with zero attached hydrogens (tertiary/aromatic N) is 3.